The van der Waals surface area contributed by atoms with Crippen LogP contribution in [-0.2, 0) is 0 Å². The second kappa shape index (κ2) is 8.06. The molecule has 0 saturated carbocycles. The van der Waals surface area contributed by atoms with Crippen LogP contribution in [0.2, 0.25) is 0 Å². The van der Waals surface area contributed by atoms with Crippen molar-refractivity contribution < 1.29 is 0 Å². The van der Waals surface area contributed by atoms with Gasteiger partial charge in [-0.1, -0.05) is 33.6 Å². The number of anilines is 3. The Labute approximate surface area is 144 Å². The fourth-order valence-corrected chi connectivity index (χ4v) is 3.02. The summed E-state index contributed by atoms with van der Waals surface area (Å²) in [7, 11) is 0. The van der Waals surface area contributed by atoms with Crippen molar-refractivity contribution in [3.05, 3.63) is 46.6 Å². The van der Waals surface area contributed by atoms with Gasteiger partial charge in [-0.05, 0) is 50.3 Å². The van der Waals surface area contributed by atoms with Gasteiger partial charge in [0.1, 0.15) is 0 Å². The largest absolute Gasteiger partial charge is 0.368 e. The summed E-state index contributed by atoms with van der Waals surface area (Å²) in [6.07, 6.45) is 10.2. The number of halogens is 1. The van der Waals surface area contributed by atoms with Crippen LogP contribution >= 0.6 is 15.9 Å². The molecule has 0 atom stereocenters. The highest BCUT2D eigenvalue weighted by molar-refractivity contribution is 9.10. The van der Waals surface area contributed by atoms with Crippen LogP contribution in [0.15, 0.2) is 46.6 Å². The molecule has 23 heavy (non-hydrogen) atoms. The highest BCUT2D eigenvalue weighted by atomic mass is 79.9. The molecule has 1 aliphatic rings. The van der Waals surface area contributed by atoms with Crippen LogP contribution < -0.4 is 10.6 Å². The summed E-state index contributed by atoms with van der Waals surface area (Å²) in [5.74, 6) is 1.24. The second-order valence-corrected chi connectivity index (χ2v) is 6.50. The first-order valence-electron chi connectivity index (χ1n) is 7.94. The number of hydrogen-bond donors (Lipinski definition) is 2. The third-order valence-electron chi connectivity index (χ3n) is 3.78. The third kappa shape index (κ3) is 5.03. The molecule has 1 heterocycles. The minimum Gasteiger partial charge on any atom is -0.368 e. The summed E-state index contributed by atoms with van der Waals surface area (Å²) in [5, 5.41) is 14.5. The van der Waals surface area contributed by atoms with Crippen molar-refractivity contribution in [2.24, 2.45) is 0 Å². The molecule has 1 aromatic carbocycles. The lowest BCUT2D eigenvalue weighted by Crippen LogP contribution is -2.08. The first-order valence-corrected chi connectivity index (χ1v) is 8.73. The summed E-state index contributed by atoms with van der Waals surface area (Å²) in [6, 6.07) is 7.87. The molecule has 2 aromatic rings. The monoisotopic (exact) mass is 373 g/mol. The van der Waals surface area contributed by atoms with E-state index < -0.39 is 0 Å². The predicted octanol–water partition coefficient (Wildman–Crippen LogP) is 4.68. The Balaban J connectivity index is 1.55. The van der Waals surface area contributed by atoms with Crippen molar-refractivity contribution in [1.29, 1.82) is 0 Å². The van der Waals surface area contributed by atoms with E-state index in [1.807, 2.05) is 24.3 Å². The number of aromatic nitrogens is 3. The van der Waals surface area contributed by atoms with Crippen molar-refractivity contribution in [3.63, 3.8) is 0 Å². The van der Waals surface area contributed by atoms with E-state index in [2.05, 4.69) is 47.8 Å². The maximum Gasteiger partial charge on any atom is 0.249 e. The summed E-state index contributed by atoms with van der Waals surface area (Å²) in [5.41, 5.74) is 2.48. The van der Waals surface area contributed by atoms with Gasteiger partial charge in [-0.3, -0.25) is 0 Å². The zero-order valence-corrected chi connectivity index (χ0v) is 14.5. The maximum absolute atomic E-state index is 4.45. The number of hydrogen-bond acceptors (Lipinski definition) is 5. The lowest BCUT2D eigenvalue weighted by molar-refractivity contribution is 0.679. The van der Waals surface area contributed by atoms with Gasteiger partial charge in [-0.25, -0.2) is 0 Å². The van der Waals surface area contributed by atoms with E-state index in [1.54, 1.807) is 11.8 Å². The van der Waals surface area contributed by atoms with Crippen molar-refractivity contribution in [1.82, 2.24) is 15.2 Å². The Morgan fingerprint density at radius 2 is 2.17 bits per heavy atom. The zero-order chi connectivity index (χ0) is 15.9. The molecular formula is C17H20BrN5. The first-order chi connectivity index (χ1) is 11.3. The number of rotatable bonds is 6. The van der Waals surface area contributed by atoms with E-state index in [4.69, 9.17) is 0 Å². The molecule has 120 valence electrons. The van der Waals surface area contributed by atoms with E-state index in [0.717, 1.165) is 28.9 Å². The Bertz CT molecular complexity index is 686. The minimum atomic E-state index is 0.491. The minimum absolute atomic E-state index is 0.491. The van der Waals surface area contributed by atoms with Gasteiger partial charge in [0, 0.05) is 16.7 Å². The predicted molar refractivity (Wildman–Crippen MR) is 96.9 cm³/mol. The SMILES string of the molecule is Brc1cccc(Nc2nncc(NCCC3=CCCCC3)n2)c1. The van der Waals surface area contributed by atoms with Gasteiger partial charge in [-0.2, -0.15) is 10.1 Å². The molecule has 2 N–H and O–H groups in total. The van der Waals surface area contributed by atoms with Crippen molar-refractivity contribution in [3.8, 4) is 0 Å². The molecule has 0 fully saturated rings. The van der Waals surface area contributed by atoms with Crippen LogP contribution in [0.4, 0.5) is 17.5 Å². The lowest BCUT2D eigenvalue weighted by atomic mass is 9.97. The number of allylic oxidation sites excluding steroid dienone is 1. The third-order valence-corrected chi connectivity index (χ3v) is 4.27. The maximum atomic E-state index is 4.45. The Morgan fingerprint density at radius 1 is 1.22 bits per heavy atom. The van der Waals surface area contributed by atoms with E-state index in [0.29, 0.717) is 5.95 Å². The van der Waals surface area contributed by atoms with Gasteiger partial charge in [-0.15, -0.1) is 5.10 Å². The van der Waals surface area contributed by atoms with E-state index in [9.17, 15) is 0 Å². The molecule has 0 unspecified atom stereocenters. The Kier molecular flexibility index (Phi) is 5.58. The van der Waals surface area contributed by atoms with E-state index >= 15 is 0 Å². The van der Waals surface area contributed by atoms with Crippen molar-refractivity contribution in [2.75, 3.05) is 17.2 Å². The molecule has 1 aliphatic carbocycles. The van der Waals surface area contributed by atoms with Crippen LogP contribution in [0.1, 0.15) is 32.1 Å². The van der Waals surface area contributed by atoms with Gasteiger partial charge in [0.25, 0.3) is 0 Å². The highest BCUT2D eigenvalue weighted by Crippen LogP contribution is 2.20. The molecule has 5 nitrogen and oxygen atoms in total. The highest BCUT2D eigenvalue weighted by Gasteiger charge is 2.05. The molecule has 0 bridgehead atoms. The van der Waals surface area contributed by atoms with Crippen molar-refractivity contribution in [2.45, 2.75) is 32.1 Å². The van der Waals surface area contributed by atoms with Gasteiger partial charge in [0.15, 0.2) is 5.82 Å². The Hall–Kier alpha value is -1.95. The average molecular weight is 374 g/mol. The smallest absolute Gasteiger partial charge is 0.249 e. The van der Waals surface area contributed by atoms with Gasteiger partial charge >= 0.3 is 0 Å². The van der Waals surface area contributed by atoms with Crippen LogP contribution in [0.5, 0.6) is 0 Å². The van der Waals surface area contributed by atoms with Gasteiger partial charge < -0.3 is 10.6 Å². The fraction of sp³-hybridized carbons (Fsp3) is 0.353. The summed E-state index contributed by atoms with van der Waals surface area (Å²) in [6.45, 7) is 0.876. The van der Waals surface area contributed by atoms with Crippen LogP contribution in [0.25, 0.3) is 0 Å². The van der Waals surface area contributed by atoms with E-state index in [-0.39, 0.29) is 0 Å². The standard InChI is InChI=1S/C17H20BrN5/c18-14-7-4-8-15(11-14)21-17-22-16(12-20-23-17)19-10-9-13-5-2-1-3-6-13/h4-5,7-8,11-12H,1-3,6,9-10H2,(H2,19,21,22,23). The Morgan fingerprint density at radius 3 is 3.00 bits per heavy atom. The fourth-order valence-electron chi connectivity index (χ4n) is 2.62. The summed E-state index contributed by atoms with van der Waals surface area (Å²) in [4.78, 5) is 4.45. The summed E-state index contributed by atoms with van der Waals surface area (Å²) < 4.78 is 1.01. The quantitative estimate of drug-likeness (QED) is 0.719. The molecule has 0 spiro atoms. The molecular weight excluding hydrogens is 354 g/mol. The van der Waals surface area contributed by atoms with Gasteiger partial charge in [0.05, 0.1) is 6.20 Å². The van der Waals surface area contributed by atoms with Gasteiger partial charge in [0.2, 0.25) is 5.95 Å². The first kappa shape index (κ1) is 15.9. The van der Waals surface area contributed by atoms with Crippen molar-refractivity contribution >= 4 is 33.4 Å². The van der Waals surface area contributed by atoms with E-state index in [1.165, 1.54) is 25.7 Å². The number of nitrogens with one attached hydrogen (secondary N) is 2. The average Bonchev–Trinajstić information content (AvgIpc) is 2.56. The molecule has 1 aromatic heterocycles. The molecule has 3 rings (SSSR count). The molecule has 0 amide bonds. The molecule has 0 saturated heterocycles. The molecule has 6 heteroatoms. The number of benzene rings is 1. The number of nitrogens with zero attached hydrogens (tertiary/aromatic N) is 3. The van der Waals surface area contributed by atoms with Crippen LogP contribution in [0, 0.1) is 0 Å². The summed E-state index contributed by atoms with van der Waals surface area (Å²) >= 11 is 3.45. The topological polar surface area (TPSA) is 62.7 Å². The normalized spacial score (nSPS) is 14.2. The molecule has 0 radical (unpaired) electrons. The van der Waals surface area contributed by atoms with Crippen LogP contribution in [-0.4, -0.2) is 21.7 Å². The molecule has 0 aliphatic heterocycles. The van der Waals surface area contributed by atoms with Crippen LogP contribution in [0.3, 0.4) is 0 Å². The lowest BCUT2D eigenvalue weighted by Gasteiger charge is -2.13. The second-order valence-electron chi connectivity index (χ2n) is 5.59. The zero-order valence-electron chi connectivity index (χ0n) is 12.9.